The molecule has 0 saturated carbocycles. The van der Waals surface area contributed by atoms with E-state index in [1.807, 2.05) is 53.4 Å². The minimum absolute atomic E-state index is 0.189. The first-order valence-corrected chi connectivity index (χ1v) is 6.46. The van der Waals surface area contributed by atoms with Gasteiger partial charge in [0.05, 0.1) is 0 Å². The molecule has 4 nitrogen and oxygen atoms in total. The number of rotatable bonds is 4. The first-order chi connectivity index (χ1) is 8.06. The molecule has 0 spiro atoms. The lowest BCUT2D eigenvalue weighted by Gasteiger charge is -2.36. The highest BCUT2D eigenvalue weighted by molar-refractivity contribution is 5.76. The van der Waals surface area contributed by atoms with Crippen LogP contribution in [0.2, 0.25) is 0 Å². The highest BCUT2D eigenvalue weighted by atomic mass is 16.2. The van der Waals surface area contributed by atoms with Crippen LogP contribution in [0.3, 0.4) is 0 Å². The predicted molar refractivity (Wildman–Crippen MR) is 77.5 cm³/mol. The predicted octanol–water partition coefficient (Wildman–Crippen LogP) is 2.12. The van der Waals surface area contributed by atoms with E-state index in [1.54, 1.807) is 0 Å². The van der Waals surface area contributed by atoms with Crippen molar-refractivity contribution in [3.8, 4) is 0 Å². The lowest BCUT2D eigenvalue weighted by atomic mass is 10.0. The summed E-state index contributed by atoms with van der Waals surface area (Å²) in [5.41, 5.74) is 0.0153. The Kier molecular flexibility index (Phi) is 3.89. The smallest absolute Gasteiger partial charge is 0.253 e. The molecule has 0 aliphatic rings. The van der Waals surface area contributed by atoms with E-state index in [0.717, 1.165) is 0 Å². The maximum atomic E-state index is 11.8. The molecule has 1 aromatic rings. The molecule has 0 unspecified atom stereocenters. The topological polar surface area (TPSA) is 49.4 Å². The normalized spacial score (nSPS) is 12.5. The standard InChI is InChI=1S/C14H24N2O2/c1-8(2)16(9(3)4)11-10(12(17)13(11)18)15-14(5,6)7/h8-9,15H,1-7H3. The summed E-state index contributed by atoms with van der Waals surface area (Å²) in [7, 11) is 0. The van der Waals surface area contributed by atoms with Crippen LogP contribution in [0.1, 0.15) is 48.5 Å². The monoisotopic (exact) mass is 252 g/mol. The van der Waals surface area contributed by atoms with Crippen LogP contribution < -0.4 is 21.1 Å². The van der Waals surface area contributed by atoms with Gasteiger partial charge in [-0.3, -0.25) is 9.59 Å². The Balaban J connectivity index is 3.21. The van der Waals surface area contributed by atoms with Crippen molar-refractivity contribution < 1.29 is 0 Å². The van der Waals surface area contributed by atoms with Crippen LogP contribution in [-0.2, 0) is 0 Å². The second kappa shape index (κ2) is 4.75. The van der Waals surface area contributed by atoms with Crippen LogP contribution in [0.4, 0.5) is 11.4 Å². The quantitative estimate of drug-likeness (QED) is 0.834. The molecular weight excluding hydrogens is 228 g/mol. The summed E-state index contributed by atoms with van der Waals surface area (Å²) < 4.78 is 0. The molecule has 0 fully saturated rings. The molecule has 0 aliphatic heterocycles. The van der Waals surface area contributed by atoms with E-state index in [2.05, 4.69) is 5.32 Å². The fourth-order valence-corrected chi connectivity index (χ4v) is 2.23. The Bertz CT molecular complexity index is 480. The van der Waals surface area contributed by atoms with E-state index in [-0.39, 0.29) is 23.1 Å². The highest BCUT2D eigenvalue weighted by Gasteiger charge is 2.30. The zero-order valence-corrected chi connectivity index (χ0v) is 12.4. The van der Waals surface area contributed by atoms with Gasteiger partial charge in [-0.15, -0.1) is 0 Å². The van der Waals surface area contributed by atoms with Gasteiger partial charge in [0.1, 0.15) is 11.4 Å². The molecular formula is C14H24N2O2. The summed E-state index contributed by atoms with van der Waals surface area (Å²) in [5, 5.41) is 3.14. The van der Waals surface area contributed by atoms with Crippen molar-refractivity contribution >= 4 is 11.4 Å². The Hall–Kier alpha value is -1.32. The summed E-state index contributed by atoms with van der Waals surface area (Å²) in [5.74, 6) is 0. The largest absolute Gasteiger partial charge is 0.375 e. The fraction of sp³-hybridized carbons (Fsp3) is 0.714. The van der Waals surface area contributed by atoms with Gasteiger partial charge >= 0.3 is 0 Å². The average molecular weight is 252 g/mol. The second-order valence-electron chi connectivity index (χ2n) is 6.35. The van der Waals surface area contributed by atoms with Gasteiger partial charge in [0.25, 0.3) is 10.9 Å². The third-order valence-electron chi connectivity index (χ3n) is 2.76. The van der Waals surface area contributed by atoms with Crippen molar-refractivity contribution in [2.45, 2.75) is 66.1 Å². The van der Waals surface area contributed by atoms with E-state index in [1.165, 1.54) is 0 Å². The van der Waals surface area contributed by atoms with Crippen LogP contribution in [-0.4, -0.2) is 17.6 Å². The maximum absolute atomic E-state index is 11.8. The molecule has 0 amide bonds. The van der Waals surface area contributed by atoms with Crippen LogP contribution >= 0.6 is 0 Å². The first-order valence-electron chi connectivity index (χ1n) is 6.46. The van der Waals surface area contributed by atoms with Gasteiger partial charge in [0.2, 0.25) is 0 Å². The third kappa shape index (κ3) is 2.74. The van der Waals surface area contributed by atoms with Crippen LogP contribution in [0.5, 0.6) is 0 Å². The molecule has 0 heterocycles. The highest BCUT2D eigenvalue weighted by Crippen LogP contribution is 2.26. The molecule has 102 valence electrons. The van der Waals surface area contributed by atoms with E-state index >= 15 is 0 Å². The Morgan fingerprint density at radius 3 is 1.72 bits per heavy atom. The van der Waals surface area contributed by atoms with Crippen LogP contribution in [0, 0.1) is 0 Å². The summed E-state index contributed by atoms with van der Waals surface area (Å²) in [4.78, 5) is 25.5. The van der Waals surface area contributed by atoms with E-state index in [0.29, 0.717) is 11.4 Å². The average Bonchev–Trinajstić information content (AvgIpc) is 2.19. The minimum atomic E-state index is -0.397. The number of nitrogens with zero attached hydrogens (tertiary/aromatic N) is 1. The molecule has 1 rings (SSSR count). The van der Waals surface area contributed by atoms with Crippen molar-refractivity contribution in [2.24, 2.45) is 0 Å². The second-order valence-corrected chi connectivity index (χ2v) is 6.35. The van der Waals surface area contributed by atoms with Crippen molar-refractivity contribution in [2.75, 3.05) is 10.2 Å². The Morgan fingerprint density at radius 1 is 0.944 bits per heavy atom. The zero-order valence-electron chi connectivity index (χ0n) is 12.4. The van der Waals surface area contributed by atoms with Gasteiger partial charge in [-0.2, -0.15) is 0 Å². The van der Waals surface area contributed by atoms with Gasteiger partial charge in [0.15, 0.2) is 0 Å². The maximum Gasteiger partial charge on any atom is 0.253 e. The van der Waals surface area contributed by atoms with E-state index in [4.69, 9.17) is 0 Å². The lowest BCUT2D eigenvalue weighted by Crippen LogP contribution is -2.49. The molecule has 0 aliphatic carbocycles. The van der Waals surface area contributed by atoms with Gasteiger partial charge in [0, 0.05) is 17.6 Å². The molecule has 1 aromatic carbocycles. The molecule has 0 atom stereocenters. The summed E-state index contributed by atoms with van der Waals surface area (Å²) in [6.07, 6.45) is 0. The number of nitrogens with one attached hydrogen (secondary N) is 1. The van der Waals surface area contributed by atoms with Crippen LogP contribution in [0.15, 0.2) is 9.59 Å². The van der Waals surface area contributed by atoms with E-state index < -0.39 is 5.43 Å². The van der Waals surface area contributed by atoms with Crippen molar-refractivity contribution in [3.05, 3.63) is 20.4 Å². The summed E-state index contributed by atoms with van der Waals surface area (Å²) in [6, 6.07) is 0.377. The van der Waals surface area contributed by atoms with Gasteiger partial charge in [-0.05, 0) is 48.5 Å². The van der Waals surface area contributed by atoms with Crippen molar-refractivity contribution in [1.82, 2.24) is 0 Å². The van der Waals surface area contributed by atoms with E-state index in [9.17, 15) is 9.59 Å². The third-order valence-corrected chi connectivity index (χ3v) is 2.76. The number of hydrogen-bond donors (Lipinski definition) is 1. The van der Waals surface area contributed by atoms with Crippen molar-refractivity contribution in [1.29, 1.82) is 0 Å². The number of hydrogen-bond acceptors (Lipinski definition) is 4. The van der Waals surface area contributed by atoms with Crippen LogP contribution in [0.25, 0.3) is 0 Å². The molecule has 0 bridgehead atoms. The molecule has 0 saturated heterocycles. The summed E-state index contributed by atoms with van der Waals surface area (Å²) in [6.45, 7) is 14.0. The molecule has 1 N–H and O–H groups in total. The first kappa shape index (κ1) is 14.7. The van der Waals surface area contributed by atoms with Gasteiger partial charge < -0.3 is 10.2 Å². The molecule has 18 heavy (non-hydrogen) atoms. The van der Waals surface area contributed by atoms with Gasteiger partial charge in [-0.25, -0.2) is 0 Å². The fourth-order valence-electron chi connectivity index (χ4n) is 2.23. The minimum Gasteiger partial charge on any atom is -0.375 e. The SMILES string of the molecule is CC(C)N(c1c(NC(C)(C)C)c(=O)c1=O)C(C)C. The van der Waals surface area contributed by atoms with Crippen molar-refractivity contribution in [3.63, 3.8) is 0 Å². The Morgan fingerprint density at radius 2 is 1.39 bits per heavy atom. The zero-order chi connectivity index (χ0) is 14.2. The molecule has 0 aromatic heterocycles. The molecule has 4 heteroatoms. The molecule has 0 radical (unpaired) electrons. The lowest BCUT2D eigenvalue weighted by molar-refractivity contribution is 0.596. The Labute approximate surface area is 109 Å². The summed E-state index contributed by atoms with van der Waals surface area (Å²) >= 11 is 0. The van der Waals surface area contributed by atoms with Gasteiger partial charge in [-0.1, -0.05) is 0 Å². The number of anilines is 2.